The van der Waals surface area contributed by atoms with E-state index in [2.05, 4.69) is 9.98 Å². The van der Waals surface area contributed by atoms with Gasteiger partial charge >= 0.3 is 0 Å². The minimum absolute atomic E-state index is 0.178. The molecular weight excluding hydrogens is 506 g/mol. The van der Waals surface area contributed by atoms with Crippen molar-refractivity contribution in [3.8, 4) is 5.75 Å². The maximum Gasteiger partial charge on any atom is 0.247 e. The minimum Gasteiger partial charge on any atom is -0.489 e. The van der Waals surface area contributed by atoms with Gasteiger partial charge in [-0.25, -0.2) is 4.90 Å². The van der Waals surface area contributed by atoms with Gasteiger partial charge in [-0.3, -0.25) is 14.6 Å². The molecule has 2 heterocycles. The average molecular weight is 532 g/mol. The Balaban J connectivity index is 1.05. The number of benzene rings is 4. The van der Waals surface area contributed by atoms with Gasteiger partial charge in [0.2, 0.25) is 11.8 Å². The van der Waals surface area contributed by atoms with Crippen molar-refractivity contribution in [1.29, 1.82) is 0 Å². The highest BCUT2D eigenvalue weighted by molar-refractivity contribution is 8.00. The molecule has 1 aliphatic heterocycles. The number of fused-ring (bicyclic) bond motifs is 1. The Labute approximate surface area is 230 Å². The van der Waals surface area contributed by atoms with Gasteiger partial charge in [0.15, 0.2) is 0 Å². The molecule has 0 bridgehead atoms. The Kier molecular flexibility index (Phi) is 6.97. The molecule has 1 saturated heterocycles. The van der Waals surface area contributed by atoms with E-state index in [0.29, 0.717) is 12.3 Å². The first-order valence-electron chi connectivity index (χ1n) is 12.6. The molecule has 1 aliphatic rings. The second-order valence-electron chi connectivity index (χ2n) is 9.22. The largest absolute Gasteiger partial charge is 0.489 e. The molecule has 1 N–H and O–H groups in total. The lowest BCUT2D eigenvalue weighted by Gasteiger charge is -2.15. The number of H-pyrrole nitrogens is 1. The molecule has 1 unspecified atom stereocenters. The Morgan fingerprint density at radius 3 is 2.51 bits per heavy atom. The molecule has 7 heteroatoms. The number of aliphatic imine (C=N–C) groups is 1. The third-order valence-electron chi connectivity index (χ3n) is 6.51. The zero-order chi connectivity index (χ0) is 26.6. The number of aromatic nitrogens is 1. The molecule has 0 saturated carbocycles. The first-order chi connectivity index (χ1) is 19.1. The zero-order valence-corrected chi connectivity index (χ0v) is 21.8. The summed E-state index contributed by atoms with van der Waals surface area (Å²) < 4.78 is 5.84. The van der Waals surface area contributed by atoms with Gasteiger partial charge < -0.3 is 9.72 Å². The number of nitrogens with one attached hydrogen (secondary N) is 1. The average Bonchev–Trinajstić information content (AvgIpc) is 3.55. The van der Waals surface area contributed by atoms with Gasteiger partial charge in [0.05, 0.1) is 16.6 Å². The number of aromatic amines is 1. The molecule has 6 rings (SSSR count). The molecule has 192 valence electrons. The number of thioether (sulfide) groups is 1. The van der Waals surface area contributed by atoms with Crippen molar-refractivity contribution in [2.24, 2.45) is 4.99 Å². The predicted molar refractivity (Wildman–Crippen MR) is 156 cm³/mol. The van der Waals surface area contributed by atoms with Crippen molar-refractivity contribution in [2.75, 3.05) is 4.90 Å². The van der Waals surface area contributed by atoms with Crippen LogP contribution < -0.4 is 9.64 Å². The van der Waals surface area contributed by atoms with Gasteiger partial charge in [-0.15, -0.1) is 11.8 Å². The fourth-order valence-electron chi connectivity index (χ4n) is 4.46. The minimum atomic E-state index is -0.450. The van der Waals surface area contributed by atoms with Crippen molar-refractivity contribution in [3.63, 3.8) is 0 Å². The summed E-state index contributed by atoms with van der Waals surface area (Å²) in [6, 6.07) is 33.1. The number of carbonyl (C=O) groups excluding carboxylic acids is 2. The molecule has 0 aliphatic carbocycles. The van der Waals surface area contributed by atoms with E-state index in [-0.39, 0.29) is 18.2 Å². The van der Waals surface area contributed by atoms with E-state index in [1.165, 1.54) is 16.7 Å². The number of hydrogen-bond donors (Lipinski definition) is 1. The quantitative estimate of drug-likeness (QED) is 0.174. The fourth-order valence-corrected chi connectivity index (χ4v) is 5.51. The molecule has 1 aromatic heterocycles. The van der Waals surface area contributed by atoms with Crippen molar-refractivity contribution in [3.05, 3.63) is 120 Å². The van der Waals surface area contributed by atoms with E-state index >= 15 is 0 Å². The zero-order valence-electron chi connectivity index (χ0n) is 21.0. The highest BCUT2D eigenvalue weighted by Crippen LogP contribution is 2.35. The molecule has 39 heavy (non-hydrogen) atoms. The van der Waals surface area contributed by atoms with Crippen LogP contribution in [-0.4, -0.2) is 28.3 Å². The molecule has 1 fully saturated rings. The third kappa shape index (κ3) is 5.63. The number of rotatable bonds is 8. The summed E-state index contributed by atoms with van der Waals surface area (Å²) >= 11 is 1.41. The van der Waals surface area contributed by atoms with Gasteiger partial charge in [0.25, 0.3) is 0 Å². The van der Waals surface area contributed by atoms with Gasteiger partial charge in [0, 0.05) is 29.2 Å². The predicted octanol–water partition coefficient (Wildman–Crippen LogP) is 6.92. The maximum atomic E-state index is 13.1. The molecule has 1 atom stereocenters. The number of anilines is 1. The molecule has 5 aromatic rings. The number of ether oxygens (including phenoxy) is 1. The smallest absolute Gasteiger partial charge is 0.247 e. The van der Waals surface area contributed by atoms with Gasteiger partial charge in [-0.2, -0.15) is 0 Å². The van der Waals surface area contributed by atoms with Crippen LogP contribution in [0.5, 0.6) is 5.75 Å². The number of carbonyl (C=O) groups is 2. The van der Waals surface area contributed by atoms with Gasteiger partial charge in [0.1, 0.15) is 12.4 Å². The van der Waals surface area contributed by atoms with Crippen LogP contribution in [0.1, 0.15) is 17.5 Å². The third-order valence-corrected chi connectivity index (χ3v) is 7.71. The monoisotopic (exact) mass is 531 g/mol. The summed E-state index contributed by atoms with van der Waals surface area (Å²) in [7, 11) is 0. The van der Waals surface area contributed by atoms with Crippen LogP contribution in [0.3, 0.4) is 0 Å². The molecule has 2 amide bonds. The second kappa shape index (κ2) is 11.0. The SMILES string of the molecule is O=C1CC(Sc2ccc(N=Cc3ccc(OCc4ccccc4)cc3)cc2)C(=O)N1c1ccc2cc[nH]c2c1. The van der Waals surface area contributed by atoms with Gasteiger partial charge in [-0.1, -0.05) is 36.4 Å². The molecular formula is C32H25N3O3S. The van der Waals surface area contributed by atoms with Crippen LogP contribution in [0.2, 0.25) is 0 Å². The summed E-state index contributed by atoms with van der Waals surface area (Å²) in [4.78, 5) is 35.7. The number of nitrogens with zero attached hydrogens (tertiary/aromatic N) is 2. The normalized spacial score (nSPS) is 15.5. The molecule has 0 radical (unpaired) electrons. The lowest BCUT2D eigenvalue weighted by molar-refractivity contribution is -0.121. The summed E-state index contributed by atoms with van der Waals surface area (Å²) in [6.07, 6.45) is 3.83. The van der Waals surface area contributed by atoms with Crippen LogP contribution in [0.15, 0.2) is 119 Å². The lowest BCUT2D eigenvalue weighted by Crippen LogP contribution is -2.31. The Morgan fingerprint density at radius 1 is 0.923 bits per heavy atom. The first kappa shape index (κ1) is 24.7. The molecule has 0 spiro atoms. The van der Waals surface area contributed by atoms with Crippen LogP contribution in [0.4, 0.5) is 11.4 Å². The van der Waals surface area contributed by atoms with E-state index in [1.54, 1.807) is 6.21 Å². The Bertz CT molecular complexity index is 1640. The van der Waals surface area contributed by atoms with E-state index in [0.717, 1.165) is 38.4 Å². The Hall–Kier alpha value is -4.62. The lowest BCUT2D eigenvalue weighted by atomic mass is 10.2. The van der Waals surface area contributed by atoms with Crippen LogP contribution in [0.25, 0.3) is 10.9 Å². The molecule has 4 aromatic carbocycles. The standard InChI is InChI=1S/C32H25N3O3S/c36-31-19-30(32(37)35(31)26-11-8-24-16-17-33-29(24)18-26)39-28-14-9-25(10-15-28)34-20-22-6-12-27(13-7-22)38-21-23-4-2-1-3-5-23/h1-18,20,30,33H,19,21H2. The summed E-state index contributed by atoms with van der Waals surface area (Å²) in [5.41, 5.74) is 4.39. The first-order valence-corrected chi connectivity index (χ1v) is 13.5. The van der Waals surface area contributed by atoms with Crippen LogP contribution >= 0.6 is 11.8 Å². The molecule has 6 nitrogen and oxygen atoms in total. The van der Waals surface area contributed by atoms with E-state index in [9.17, 15) is 9.59 Å². The second-order valence-corrected chi connectivity index (χ2v) is 10.5. The van der Waals surface area contributed by atoms with E-state index < -0.39 is 5.25 Å². The van der Waals surface area contributed by atoms with Crippen molar-refractivity contribution < 1.29 is 14.3 Å². The van der Waals surface area contributed by atoms with Crippen molar-refractivity contribution >= 4 is 52.1 Å². The summed E-state index contributed by atoms with van der Waals surface area (Å²) in [6.45, 7) is 0.528. The topological polar surface area (TPSA) is 74.8 Å². The fraction of sp³-hybridized carbons (Fsp3) is 0.0938. The van der Waals surface area contributed by atoms with Gasteiger partial charge in [-0.05, 0) is 83.2 Å². The van der Waals surface area contributed by atoms with Crippen LogP contribution in [-0.2, 0) is 16.2 Å². The number of imide groups is 1. The van der Waals surface area contributed by atoms with E-state index in [1.807, 2.05) is 109 Å². The number of amides is 2. The summed E-state index contributed by atoms with van der Waals surface area (Å²) in [5, 5.41) is 0.588. The summed E-state index contributed by atoms with van der Waals surface area (Å²) in [5.74, 6) is 0.441. The van der Waals surface area contributed by atoms with E-state index in [4.69, 9.17) is 4.74 Å². The maximum absolute atomic E-state index is 13.1. The number of hydrogen-bond acceptors (Lipinski definition) is 5. The van der Waals surface area contributed by atoms with Crippen LogP contribution in [0, 0.1) is 0 Å². The van der Waals surface area contributed by atoms with Crippen molar-refractivity contribution in [1.82, 2.24) is 4.98 Å². The Morgan fingerprint density at radius 2 is 1.72 bits per heavy atom. The highest BCUT2D eigenvalue weighted by Gasteiger charge is 2.40. The van der Waals surface area contributed by atoms with Crippen molar-refractivity contribution in [2.45, 2.75) is 23.2 Å². The highest BCUT2D eigenvalue weighted by atomic mass is 32.2.